The number of rotatable bonds is 4. The number of nitrogens with two attached hydrogens (primary N) is 1. The van der Waals surface area contributed by atoms with Gasteiger partial charge in [0.05, 0.1) is 11.4 Å². The molecule has 2 heterocycles. The van der Waals surface area contributed by atoms with E-state index >= 15 is 0 Å². The van der Waals surface area contributed by atoms with Crippen LogP contribution in [0.4, 0.5) is 4.79 Å². The molecule has 1 amide bonds. The number of carbonyl (C=O) groups is 1. The van der Waals surface area contributed by atoms with Crippen LogP contribution in [0.15, 0.2) is 60.8 Å². The second-order valence-corrected chi connectivity index (χ2v) is 7.03. The van der Waals surface area contributed by atoms with E-state index < -0.39 is 12.2 Å². The largest absolute Gasteiger partial charge is 0.435 e. The predicted octanol–water partition coefficient (Wildman–Crippen LogP) is 3.75. The summed E-state index contributed by atoms with van der Waals surface area (Å²) in [6, 6.07) is 17.0. The highest BCUT2D eigenvalue weighted by atomic mass is 16.6. The lowest BCUT2D eigenvalue weighted by atomic mass is 9.91. The molecule has 1 atom stereocenters. The molecule has 0 saturated heterocycles. The first-order valence-electron chi connectivity index (χ1n) is 8.39. The third-order valence-corrected chi connectivity index (χ3v) is 3.98. The number of hydrogen-bond donors (Lipinski definition) is 1. The van der Waals surface area contributed by atoms with Gasteiger partial charge in [0, 0.05) is 11.6 Å². The first kappa shape index (κ1) is 17.7. The molecule has 2 aromatic heterocycles. The molecular formula is C20H22N4O2. The predicted molar refractivity (Wildman–Crippen MR) is 99.0 cm³/mol. The Morgan fingerprint density at radius 2 is 1.81 bits per heavy atom. The molecule has 6 heteroatoms. The highest BCUT2D eigenvalue weighted by molar-refractivity contribution is 5.65. The van der Waals surface area contributed by atoms with Gasteiger partial charge in [-0.15, -0.1) is 0 Å². The molecule has 1 unspecified atom stereocenters. The van der Waals surface area contributed by atoms with Crippen molar-refractivity contribution in [2.24, 2.45) is 5.73 Å². The lowest BCUT2D eigenvalue weighted by molar-refractivity contribution is 0.123. The molecule has 3 rings (SSSR count). The molecule has 6 nitrogen and oxygen atoms in total. The lowest BCUT2D eigenvalue weighted by Gasteiger charge is -2.18. The Balaban J connectivity index is 2.19. The monoisotopic (exact) mass is 350 g/mol. The Bertz CT molecular complexity index is 883. The van der Waals surface area contributed by atoms with Gasteiger partial charge in [-0.2, -0.15) is 5.10 Å². The van der Waals surface area contributed by atoms with Gasteiger partial charge in [-0.25, -0.2) is 14.5 Å². The molecule has 0 aliphatic heterocycles. The Morgan fingerprint density at radius 3 is 2.38 bits per heavy atom. The highest BCUT2D eigenvalue weighted by Crippen LogP contribution is 2.31. The Hall–Kier alpha value is -3.15. The molecule has 0 spiro atoms. The maximum absolute atomic E-state index is 11.6. The Morgan fingerprint density at radius 1 is 1.12 bits per heavy atom. The molecule has 0 bridgehead atoms. The van der Waals surface area contributed by atoms with Gasteiger partial charge in [0.2, 0.25) is 0 Å². The first-order valence-corrected chi connectivity index (χ1v) is 8.39. The molecule has 0 radical (unpaired) electrons. The average molecular weight is 350 g/mol. The van der Waals surface area contributed by atoms with Crippen LogP contribution in [0.1, 0.15) is 43.8 Å². The average Bonchev–Trinajstić information content (AvgIpc) is 3.06. The van der Waals surface area contributed by atoms with Gasteiger partial charge < -0.3 is 10.5 Å². The lowest BCUT2D eigenvalue weighted by Crippen LogP contribution is -2.20. The summed E-state index contributed by atoms with van der Waals surface area (Å²) in [6.45, 7) is 6.23. The maximum Gasteiger partial charge on any atom is 0.405 e. The number of amides is 1. The second kappa shape index (κ2) is 7.00. The number of primary amides is 1. The molecule has 2 N–H and O–H groups in total. The standard InChI is InChI=1S/C20H22N4O2/c1-20(2,3)16-13-15(24(23-16)17-11-7-8-12-22-17)18(26-19(21)25)14-9-5-4-6-10-14/h4-13,18H,1-3H3,(H2,21,25). The van der Waals surface area contributed by atoms with E-state index in [9.17, 15) is 4.79 Å². The SMILES string of the molecule is CC(C)(C)c1cc(C(OC(N)=O)c2ccccc2)n(-c2ccccn2)n1. The first-order chi connectivity index (χ1) is 12.4. The fraction of sp³-hybridized carbons (Fsp3) is 0.250. The molecule has 26 heavy (non-hydrogen) atoms. The topological polar surface area (TPSA) is 83.0 Å². The van der Waals surface area contributed by atoms with Crippen LogP contribution >= 0.6 is 0 Å². The number of benzene rings is 1. The van der Waals surface area contributed by atoms with Crippen molar-refractivity contribution in [1.29, 1.82) is 0 Å². The molecule has 0 saturated carbocycles. The van der Waals surface area contributed by atoms with Gasteiger partial charge >= 0.3 is 6.09 Å². The number of aromatic nitrogens is 3. The van der Waals surface area contributed by atoms with Gasteiger partial charge in [-0.3, -0.25) is 0 Å². The van der Waals surface area contributed by atoms with E-state index in [0.29, 0.717) is 11.5 Å². The Labute approximate surface area is 152 Å². The van der Waals surface area contributed by atoms with Crippen molar-refractivity contribution >= 4 is 6.09 Å². The van der Waals surface area contributed by atoms with Crippen LogP contribution in [0.25, 0.3) is 5.82 Å². The van der Waals surface area contributed by atoms with Crippen molar-refractivity contribution in [3.05, 3.63) is 77.7 Å². The number of pyridine rings is 1. The van der Waals surface area contributed by atoms with Crippen molar-refractivity contribution in [2.45, 2.75) is 32.3 Å². The molecule has 0 fully saturated rings. The summed E-state index contributed by atoms with van der Waals surface area (Å²) in [7, 11) is 0. The van der Waals surface area contributed by atoms with Gasteiger partial charge in [-0.05, 0) is 23.8 Å². The zero-order valence-corrected chi connectivity index (χ0v) is 15.1. The molecule has 134 valence electrons. The minimum atomic E-state index is -0.843. The van der Waals surface area contributed by atoms with Crippen molar-refractivity contribution in [3.63, 3.8) is 0 Å². The fourth-order valence-electron chi connectivity index (χ4n) is 2.65. The Kier molecular flexibility index (Phi) is 4.75. The molecule has 0 aliphatic rings. The van der Waals surface area contributed by atoms with Crippen LogP contribution in [0, 0.1) is 0 Å². The molecule has 3 aromatic rings. The number of nitrogens with zero attached hydrogens (tertiary/aromatic N) is 3. The van der Waals surface area contributed by atoms with Gasteiger partial charge in [-0.1, -0.05) is 57.2 Å². The minimum Gasteiger partial charge on any atom is -0.435 e. The van der Waals surface area contributed by atoms with Crippen LogP contribution in [0.2, 0.25) is 0 Å². The fourth-order valence-corrected chi connectivity index (χ4v) is 2.65. The smallest absolute Gasteiger partial charge is 0.405 e. The van der Waals surface area contributed by atoms with Crippen molar-refractivity contribution in [1.82, 2.24) is 14.8 Å². The second-order valence-electron chi connectivity index (χ2n) is 7.03. The van der Waals surface area contributed by atoms with E-state index in [1.54, 1.807) is 10.9 Å². The quantitative estimate of drug-likeness (QED) is 0.777. The summed E-state index contributed by atoms with van der Waals surface area (Å²) >= 11 is 0. The van der Waals surface area contributed by atoms with Gasteiger partial charge in [0.25, 0.3) is 0 Å². The molecular weight excluding hydrogens is 328 g/mol. The third kappa shape index (κ3) is 3.74. The third-order valence-electron chi connectivity index (χ3n) is 3.98. The van der Waals surface area contributed by atoms with E-state index in [0.717, 1.165) is 11.3 Å². The summed E-state index contributed by atoms with van der Waals surface area (Å²) in [5.41, 5.74) is 7.54. The van der Waals surface area contributed by atoms with Crippen molar-refractivity contribution in [3.8, 4) is 5.82 Å². The van der Waals surface area contributed by atoms with Crippen molar-refractivity contribution in [2.75, 3.05) is 0 Å². The summed E-state index contributed by atoms with van der Waals surface area (Å²) < 4.78 is 7.17. The van der Waals surface area contributed by atoms with Gasteiger partial charge in [0.1, 0.15) is 0 Å². The van der Waals surface area contributed by atoms with Crippen LogP contribution in [-0.4, -0.2) is 20.9 Å². The van der Waals surface area contributed by atoms with E-state index in [-0.39, 0.29) is 5.41 Å². The summed E-state index contributed by atoms with van der Waals surface area (Å²) in [5, 5.41) is 4.73. The number of carbonyl (C=O) groups excluding carboxylic acids is 1. The zero-order valence-electron chi connectivity index (χ0n) is 15.1. The minimum absolute atomic E-state index is 0.178. The van der Waals surface area contributed by atoms with E-state index in [1.165, 1.54) is 0 Å². The summed E-state index contributed by atoms with van der Waals surface area (Å²) in [4.78, 5) is 16.0. The summed E-state index contributed by atoms with van der Waals surface area (Å²) in [5.74, 6) is 0.645. The van der Waals surface area contributed by atoms with Crippen LogP contribution in [0.3, 0.4) is 0 Å². The summed E-state index contributed by atoms with van der Waals surface area (Å²) in [6.07, 6.45) is 0.175. The maximum atomic E-state index is 11.6. The van der Waals surface area contributed by atoms with Crippen molar-refractivity contribution < 1.29 is 9.53 Å². The van der Waals surface area contributed by atoms with E-state index in [2.05, 4.69) is 25.8 Å². The zero-order chi connectivity index (χ0) is 18.7. The molecule has 1 aromatic carbocycles. The normalized spacial score (nSPS) is 12.6. The van der Waals surface area contributed by atoms with E-state index in [1.807, 2.05) is 54.6 Å². The van der Waals surface area contributed by atoms with Crippen LogP contribution in [-0.2, 0) is 10.2 Å². The highest BCUT2D eigenvalue weighted by Gasteiger charge is 2.28. The number of ether oxygens (including phenoxy) is 1. The number of hydrogen-bond acceptors (Lipinski definition) is 4. The van der Waals surface area contributed by atoms with Crippen LogP contribution < -0.4 is 5.73 Å². The van der Waals surface area contributed by atoms with E-state index in [4.69, 9.17) is 15.6 Å². The van der Waals surface area contributed by atoms with Gasteiger partial charge in [0.15, 0.2) is 11.9 Å². The molecule has 0 aliphatic carbocycles. The van der Waals surface area contributed by atoms with Crippen LogP contribution in [0.5, 0.6) is 0 Å².